The Morgan fingerprint density at radius 2 is 1.62 bits per heavy atom. The number of piperidine rings is 1. The van der Waals surface area contributed by atoms with E-state index < -0.39 is 0 Å². The molecule has 0 aliphatic carbocycles. The van der Waals surface area contributed by atoms with Crippen LogP contribution in [0.15, 0.2) is 30.3 Å². The van der Waals surface area contributed by atoms with E-state index in [0.29, 0.717) is 5.92 Å². The fourth-order valence-electron chi connectivity index (χ4n) is 3.35. The quantitative estimate of drug-likeness (QED) is 0.939. The Morgan fingerprint density at radius 3 is 2.24 bits per heavy atom. The first-order valence-corrected chi connectivity index (χ1v) is 7.82. The average molecular weight is 281 g/mol. The minimum absolute atomic E-state index is 0.622. The van der Waals surface area contributed by atoms with Crippen LogP contribution < -0.4 is 5.32 Å². The SMILES string of the molecule is Cc1nc(Cc2ccccc2)nc(C)c1C1CCNCC1. The van der Waals surface area contributed by atoms with Gasteiger partial charge < -0.3 is 5.32 Å². The van der Waals surface area contributed by atoms with Crippen molar-refractivity contribution in [3.05, 3.63) is 58.7 Å². The van der Waals surface area contributed by atoms with Crippen molar-refractivity contribution in [3.63, 3.8) is 0 Å². The lowest BCUT2D eigenvalue weighted by molar-refractivity contribution is 0.455. The molecule has 1 aromatic heterocycles. The van der Waals surface area contributed by atoms with Gasteiger partial charge in [-0.3, -0.25) is 0 Å². The van der Waals surface area contributed by atoms with E-state index in [4.69, 9.17) is 9.97 Å². The summed E-state index contributed by atoms with van der Waals surface area (Å²) < 4.78 is 0. The summed E-state index contributed by atoms with van der Waals surface area (Å²) in [7, 11) is 0. The van der Waals surface area contributed by atoms with Crippen LogP contribution in [-0.4, -0.2) is 23.1 Å². The van der Waals surface area contributed by atoms with E-state index in [1.165, 1.54) is 35.4 Å². The van der Waals surface area contributed by atoms with Crippen molar-refractivity contribution in [1.82, 2.24) is 15.3 Å². The molecule has 0 atom stereocenters. The molecule has 0 spiro atoms. The molecule has 0 saturated carbocycles. The topological polar surface area (TPSA) is 37.8 Å². The highest BCUT2D eigenvalue weighted by atomic mass is 14.9. The Bertz CT molecular complexity index is 578. The van der Waals surface area contributed by atoms with Gasteiger partial charge in [0.1, 0.15) is 5.82 Å². The molecule has 0 bridgehead atoms. The number of aromatic nitrogens is 2. The number of nitrogens with one attached hydrogen (secondary N) is 1. The van der Waals surface area contributed by atoms with E-state index in [1.807, 2.05) is 6.07 Å². The zero-order chi connectivity index (χ0) is 14.7. The standard InChI is InChI=1S/C18H23N3/c1-13-18(16-8-10-19-11-9-16)14(2)21-17(20-13)12-15-6-4-3-5-7-15/h3-7,16,19H,8-12H2,1-2H3. The van der Waals surface area contributed by atoms with Crippen LogP contribution in [0, 0.1) is 13.8 Å². The molecular formula is C18H23N3. The number of hydrogen-bond donors (Lipinski definition) is 1. The molecule has 1 aliphatic rings. The molecule has 2 aromatic rings. The van der Waals surface area contributed by atoms with E-state index in [2.05, 4.69) is 43.4 Å². The summed E-state index contributed by atoms with van der Waals surface area (Å²) in [6, 6.07) is 10.4. The second-order valence-corrected chi connectivity index (χ2v) is 5.91. The molecule has 1 fully saturated rings. The van der Waals surface area contributed by atoms with Crippen LogP contribution in [0.3, 0.4) is 0 Å². The minimum atomic E-state index is 0.622. The molecule has 1 aliphatic heterocycles. The summed E-state index contributed by atoms with van der Waals surface area (Å²) >= 11 is 0. The number of nitrogens with zero attached hydrogens (tertiary/aromatic N) is 2. The van der Waals surface area contributed by atoms with E-state index in [0.717, 1.165) is 25.3 Å². The summed E-state index contributed by atoms with van der Waals surface area (Å²) in [5.41, 5.74) is 4.99. The second-order valence-electron chi connectivity index (χ2n) is 5.91. The molecular weight excluding hydrogens is 258 g/mol. The van der Waals surface area contributed by atoms with Gasteiger partial charge >= 0.3 is 0 Å². The molecule has 110 valence electrons. The highest BCUT2D eigenvalue weighted by Crippen LogP contribution is 2.29. The molecule has 3 nitrogen and oxygen atoms in total. The van der Waals surface area contributed by atoms with Crippen molar-refractivity contribution in [3.8, 4) is 0 Å². The van der Waals surface area contributed by atoms with Gasteiger partial charge in [-0.2, -0.15) is 0 Å². The highest BCUT2D eigenvalue weighted by molar-refractivity contribution is 5.30. The van der Waals surface area contributed by atoms with Gasteiger partial charge in [0.2, 0.25) is 0 Å². The summed E-state index contributed by atoms with van der Waals surface area (Å²) in [5, 5.41) is 3.43. The molecule has 2 heterocycles. The molecule has 3 heteroatoms. The van der Waals surface area contributed by atoms with Crippen molar-refractivity contribution >= 4 is 0 Å². The van der Waals surface area contributed by atoms with Crippen LogP contribution >= 0.6 is 0 Å². The van der Waals surface area contributed by atoms with Gasteiger partial charge in [0.15, 0.2) is 0 Å². The maximum Gasteiger partial charge on any atom is 0.133 e. The van der Waals surface area contributed by atoms with Crippen LogP contribution in [0.25, 0.3) is 0 Å². The van der Waals surface area contributed by atoms with Crippen molar-refractivity contribution in [2.24, 2.45) is 0 Å². The Morgan fingerprint density at radius 1 is 1.00 bits per heavy atom. The van der Waals surface area contributed by atoms with Crippen LogP contribution in [0.2, 0.25) is 0 Å². The van der Waals surface area contributed by atoms with E-state index >= 15 is 0 Å². The molecule has 1 saturated heterocycles. The smallest absolute Gasteiger partial charge is 0.133 e. The first-order chi connectivity index (χ1) is 10.2. The van der Waals surface area contributed by atoms with Gasteiger partial charge in [0.05, 0.1) is 0 Å². The fraction of sp³-hybridized carbons (Fsp3) is 0.444. The Kier molecular flexibility index (Phi) is 4.30. The van der Waals surface area contributed by atoms with Gasteiger partial charge in [0, 0.05) is 17.8 Å². The summed E-state index contributed by atoms with van der Waals surface area (Å²) in [5.74, 6) is 1.56. The predicted molar refractivity (Wildman–Crippen MR) is 85.6 cm³/mol. The van der Waals surface area contributed by atoms with Crippen LogP contribution in [0.5, 0.6) is 0 Å². The zero-order valence-corrected chi connectivity index (χ0v) is 12.9. The molecule has 1 aromatic carbocycles. The predicted octanol–water partition coefficient (Wildman–Crippen LogP) is 3.15. The lowest BCUT2D eigenvalue weighted by Gasteiger charge is -2.25. The number of aryl methyl sites for hydroxylation is 2. The van der Waals surface area contributed by atoms with Gasteiger partial charge in [-0.25, -0.2) is 9.97 Å². The van der Waals surface area contributed by atoms with Gasteiger partial charge in [-0.1, -0.05) is 30.3 Å². The number of hydrogen-bond acceptors (Lipinski definition) is 3. The van der Waals surface area contributed by atoms with Crippen LogP contribution in [0.4, 0.5) is 0 Å². The average Bonchev–Trinajstić information content (AvgIpc) is 2.49. The summed E-state index contributed by atoms with van der Waals surface area (Å²) in [6.07, 6.45) is 3.21. The molecule has 21 heavy (non-hydrogen) atoms. The largest absolute Gasteiger partial charge is 0.317 e. The maximum absolute atomic E-state index is 4.77. The molecule has 1 N–H and O–H groups in total. The third-order valence-corrected chi connectivity index (χ3v) is 4.33. The van der Waals surface area contributed by atoms with Crippen LogP contribution in [-0.2, 0) is 6.42 Å². The summed E-state index contributed by atoms with van der Waals surface area (Å²) in [4.78, 5) is 9.55. The molecule has 0 amide bonds. The van der Waals surface area contributed by atoms with Crippen molar-refractivity contribution < 1.29 is 0 Å². The second kappa shape index (κ2) is 6.35. The molecule has 0 unspecified atom stereocenters. The first-order valence-electron chi connectivity index (χ1n) is 7.82. The minimum Gasteiger partial charge on any atom is -0.317 e. The van der Waals surface area contributed by atoms with E-state index in [1.54, 1.807) is 0 Å². The fourth-order valence-corrected chi connectivity index (χ4v) is 3.35. The van der Waals surface area contributed by atoms with Gasteiger partial charge in [-0.05, 0) is 56.8 Å². The lowest BCUT2D eigenvalue weighted by Crippen LogP contribution is -2.27. The lowest BCUT2D eigenvalue weighted by atomic mass is 9.88. The Balaban J connectivity index is 1.85. The van der Waals surface area contributed by atoms with Crippen molar-refractivity contribution in [2.45, 2.75) is 39.0 Å². The van der Waals surface area contributed by atoms with Crippen molar-refractivity contribution in [1.29, 1.82) is 0 Å². The maximum atomic E-state index is 4.77. The normalized spacial score (nSPS) is 16.1. The highest BCUT2D eigenvalue weighted by Gasteiger charge is 2.21. The van der Waals surface area contributed by atoms with Crippen molar-refractivity contribution in [2.75, 3.05) is 13.1 Å². The number of rotatable bonds is 3. The Hall–Kier alpha value is -1.74. The zero-order valence-electron chi connectivity index (χ0n) is 12.9. The third kappa shape index (κ3) is 3.30. The third-order valence-electron chi connectivity index (χ3n) is 4.33. The molecule has 3 rings (SSSR count). The van der Waals surface area contributed by atoms with Gasteiger partial charge in [0.25, 0.3) is 0 Å². The van der Waals surface area contributed by atoms with Gasteiger partial charge in [-0.15, -0.1) is 0 Å². The molecule has 0 radical (unpaired) electrons. The van der Waals surface area contributed by atoms with E-state index in [-0.39, 0.29) is 0 Å². The monoisotopic (exact) mass is 281 g/mol. The Labute approximate surface area is 126 Å². The summed E-state index contributed by atoms with van der Waals surface area (Å²) in [6.45, 7) is 6.49. The number of benzene rings is 1. The van der Waals surface area contributed by atoms with E-state index in [9.17, 15) is 0 Å². The first kappa shape index (κ1) is 14.2. The van der Waals surface area contributed by atoms with Crippen LogP contribution in [0.1, 0.15) is 47.1 Å².